The Morgan fingerprint density at radius 2 is 1.11 bits per heavy atom. The van der Waals surface area contributed by atoms with Crippen LogP contribution in [0.3, 0.4) is 0 Å². The molecular weight excluding hydrogens is 350 g/mol. The topological polar surface area (TPSA) is 49.3 Å². The SMILES string of the molecule is CCCCCCCCCCCCCCCCCC(=O)NC(CC)[Si](C)(C)O. The molecule has 4 heteroatoms. The largest absolute Gasteiger partial charge is 0.430 e. The third-order valence-corrected chi connectivity index (χ3v) is 7.86. The van der Waals surface area contributed by atoms with Crippen LogP contribution in [0.4, 0.5) is 0 Å². The van der Waals surface area contributed by atoms with Gasteiger partial charge in [-0.2, -0.15) is 0 Å². The molecule has 27 heavy (non-hydrogen) atoms. The summed E-state index contributed by atoms with van der Waals surface area (Å²) in [5.41, 5.74) is -0.0126. The smallest absolute Gasteiger partial charge is 0.220 e. The van der Waals surface area contributed by atoms with Gasteiger partial charge in [0, 0.05) is 12.1 Å². The van der Waals surface area contributed by atoms with Crippen molar-refractivity contribution in [1.82, 2.24) is 5.32 Å². The molecule has 2 N–H and O–H groups in total. The number of nitrogens with one attached hydrogen (secondary N) is 1. The van der Waals surface area contributed by atoms with Crippen molar-refractivity contribution >= 4 is 14.2 Å². The minimum Gasteiger partial charge on any atom is -0.430 e. The molecule has 0 aromatic heterocycles. The van der Waals surface area contributed by atoms with Gasteiger partial charge in [-0.3, -0.25) is 4.79 Å². The van der Waals surface area contributed by atoms with Crippen LogP contribution in [0.5, 0.6) is 0 Å². The number of amides is 1. The van der Waals surface area contributed by atoms with Gasteiger partial charge in [0.05, 0.1) is 0 Å². The first kappa shape index (κ1) is 26.6. The van der Waals surface area contributed by atoms with Crippen LogP contribution in [0.1, 0.15) is 123 Å². The van der Waals surface area contributed by atoms with Gasteiger partial charge < -0.3 is 10.1 Å². The van der Waals surface area contributed by atoms with Crippen molar-refractivity contribution in [3.8, 4) is 0 Å². The lowest BCUT2D eigenvalue weighted by Crippen LogP contribution is -2.52. The summed E-state index contributed by atoms with van der Waals surface area (Å²) in [6.07, 6.45) is 21.6. The van der Waals surface area contributed by atoms with E-state index in [2.05, 4.69) is 12.2 Å². The zero-order chi connectivity index (χ0) is 20.4. The zero-order valence-corrected chi connectivity index (χ0v) is 20.0. The fourth-order valence-electron chi connectivity index (χ4n) is 3.70. The molecule has 0 aromatic rings. The van der Waals surface area contributed by atoms with Crippen LogP contribution >= 0.6 is 0 Å². The van der Waals surface area contributed by atoms with Gasteiger partial charge in [0.2, 0.25) is 14.2 Å². The Hall–Kier alpha value is -0.353. The van der Waals surface area contributed by atoms with E-state index in [1.165, 1.54) is 83.5 Å². The number of carbonyl (C=O) groups is 1. The molecule has 1 unspecified atom stereocenters. The molecule has 1 atom stereocenters. The Morgan fingerprint density at radius 1 is 0.741 bits per heavy atom. The van der Waals surface area contributed by atoms with Crippen molar-refractivity contribution in [2.24, 2.45) is 0 Å². The van der Waals surface area contributed by atoms with E-state index in [4.69, 9.17) is 0 Å². The van der Waals surface area contributed by atoms with Gasteiger partial charge in [0.15, 0.2) is 0 Å². The van der Waals surface area contributed by atoms with Crippen LogP contribution in [-0.4, -0.2) is 24.7 Å². The lowest BCUT2D eigenvalue weighted by atomic mass is 10.0. The molecule has 0 aliphatic heterocycles. The number of carbonyl (C=O) groups excluding carboxylic acids is 1. The van der Waals surface area contributed by atoms with E-state index in [9.17, 15) is 9.59 Å². The highest BCUT2D eigenvalue weighted by Crippen LogP contribution is 2.14. The highest BCUT2D eigenvalue weighted by molar-refractivity contribution is 6.71. The predicted octanol–water partition coefficient (Wildman–Crippen LogP) is 6.88. The van der Waals surface area contributed by atoms with Crippen LogP contribution in [0.2, 0.25) is 13.1 Å². The molecule has 162 valence electrons. The fraction of sp³-hybridized carbons (Fsp3) is 0.957. The van der Waals surface area contributed by atoms with Gasteiger partial charge in [0.25, 0.3) is 0 Å². The third-order valence-electron chi connectivity index (χ3n) is 5.60. The molecule has 0 aliphatic carbocycles. The molecule has 0 spiro atoms. The molecule has 0 saturated heterocycles. The van der Waals surface area contributed by atoms with E-state index < -0.39 is 8.32 Å². The molecule has 1 amide bonds. The average molecular weight is 400 g/mol. The zero-order valence-electron chi connectivity index (χ0n) is 19.0. The average Bonchev–Trinajstić information content (AvgIpc) is 2.62. The van der Waals surface area contributed by atoms with Gasteiger partial charge in [-0.25, -0.2) is 0 Å². The number of hydrogen-bond acceptors (Lipinski definition) is 2. The fourth-order valence-corrected chi connectivity index (χ4v) is 5.21. The maximum absolute atomic E-state index is 12.0. The van der Waals surface area contributed by atoms with Crippen molar-refractivity contribution in [1.29, 1.82) is 0 Å². The monoisotopic (exact) mass is 399 g/mol. The Labute approximate surface area is 171 Å². The van der Waals surface area contributed by atoms with E-state index in [1.807, 2.05) is 20.0 Å². The first-order valence-corrected chi connectivity index (χ1v) is 15.0. The molecule has 0 saturated carbocycles. The highest BCUT2D eigenvalue weighted by atomic mass is 28.4. The van der Waals surface area contributed by atoms with Crippen LogP contribution in [0.25, 0.3) is 0 Å². The molecule has 0 aromatic carbocycles. The second-order valence-electron chi connectivity index (χ2n) is 8.88. The molecule has 3 nitrogen and oxygen atoms in total. The van der Waals surface area contributed by atoms with Crippen LogP contribution in [-0.2, 0) is 4.79 Å². The summed E-state index contributed by atoms with van der Waals surface area (Å²) < 4.78 is 0. The standard InChI is InChI=1S/C23H49NO2Si/c1-5-7-8-9-10-11-12-13-14-15-16-17-18-19-20-21-22(25)24-23(6-2)27(3,4)26/h23,26H,5-21H2,1-4H3,(H,24,25). The van der Waals surface area contributed by atoms with Crippen molar-refractivity contribution < 1.29 is 9.59 Å². The van der Waals surface area contributed by atoms with E-state index in [-0.39, 0.29) is 11.6 Å². The number of unbranched alkanes of at least 4 members (excludes halogenated alkanes) is 14. The summed E-state index contributed by atoms with van der Waals surface area (Å²) in [5.74, 6) is 0.117. The Kier molecular flexibility index (Phi) is 17.5. The third kappa shape index (κ3) is 17.5. The molecular formula is C23H49NO2Si. The summed E-state index contributed by atoms with van der Waals surface area (Å²) >= 11 is 0. The van der Waals surface area contributed by atoms with Crippen LogP contribution in [0.15, 0.2) is 0 Å². The minimum atomic E-state index is -2.27. The Morgan fingerprint density at radius 3 is 1.44 bits per heavy atom. The lowest BCUT2D eigenvalue weighted by molar-refractivity contribution is -0.121. The van der Waals surface area contributed by atoms with Crippen LogP contribution in [0, 0.1) is 0 Å². The minimum absolute atomic E-state index is 0.0126. The van der Waals surface area contributed by atoms with Gasteiger partial charge in [-0.15, -0.1) is 0 Å². The molecule has 0 radical (unpaired) electrons. The molecule has 0 fully saturated rings. The van der Waals surface area contributed by atoms with Crippen molar-refractivity contribution in [3.63, 3.8) is 0 Å². The molecule has 0 bridgehead atoms. The molecule has 0 rings (SSSR count). The summed E-state index contributed by atoms with van der Waals surface area (Å²) in [5, 5.41) is 3.03. The van der Waals surface area contributed by atoms with Gasteiger partial charge in [-0.05, 0) is 25.9 Å². The first-order valence-electron chi connectivity index (χ1n) is 11.9. The Bertz CT molecular complexity index is 342. The summed E-state index contributed by atoms with van der Waals surface area (Å²) in [7, 11) is -2.27. The number of rotatable bonds is 19. The maximum atomic E-state index is 12.0. The van der Waals surface area contributed by atoms with E-state index in [1.54, 1.807) is 0 Å². The Balaban J connectivity index is 3.34. The molecule has 0 heterocycles. The number of hydrogen-bond donors (Lipinski definition) is 2. The second-order valence-corrected chi connectivity index (χ2v) is 12.9. The van der Waals surface area contributed by atoms with Crippen molar-refractivity contribution in [2.75, 3.05) is 0 Å². The van der Waals surface area contributed by atoms with Crippen LogP contribution < -0.4 is 5.32 Å². The van der Waals surface area contributed by atoms with Gasteiger partial charge in [-0.1, -0.05) is 104 Å². The molecule has 0 aliphatic rings. The normalized spacial score (nSPS) is 12.9. The second kappa shape index (κ2) is 17.7. The van der Waals surface area contributed by atoms with Crippen molar-refractivity contribution in [2.45, 2.75) is 142 Å². The van der Waals surface area contributed by atoms with Crippen molar-refractivity contribution in [3.05, 3.63) is 0 Å². The van der Waals surface area contributed by atoms with Gasteiger partial charge in [0.1, 0.15) is 0 Å². The quantitative estimate of drug-likeness (QED) is 0.184. The lowest BCUT2D eigenvalue weighted by Gasteiger charge is -2.26. The van der Waals surface area contributed by atoms with E-state index >= 15 is 0 Å². The highest BCUT2D eigenvalue weighted by Gasteiger charge is 2.29. The first-order chi connectivity index (χ1) is 12.9. The summed E-state index contributed by atoms with van der Waals surface area (Å²) in [6, 6.07) is 0. The summed E-state index contributed by atoms with van der Waals surface area (Å²) in [6.45, 7) is 8.10. The van der Waals surface area contributed by atoms with E-state index in [0.29, 0.717) is 6.42 Å². The predicted molar refractivity (Wildman–Crippen MR) is 121 cm³/mol. The van der Waals surface area contributed by atoms with E-state index in [0.717, 1.165) is 19.3 Å². The summed E-state index contributed by atoms with van der Waals surface area (Å²) in [4.78, 5) is 22.1. The maximum Gasteiger partial charge on any atom is 0.220 e. The van der Waals surface area contributed by atoms with Gasteiger partial charge >= 0.3 is 0 Å².